The zero-order valence-electron chi connectivity index (χ0n) is 16.5. The molecule has 1 atom stereocenters. The average molecular weight is 412 g/mol. The second-order valence-electron chi connectivity index (χ2n) is 7.38. The summed E-state index contributed by atoms with van der Waals surface area (Å²) in [6, 6.07) is 10.5. The average Bonchev–Trinajstić information content (AvgIpc) is 3.12. The monoisotopic (exact) mass is 411 g/mol. The number of carbonyl (C=O) groups is 1. The van der Waals surface area contributed by atoms with E-state index in [1.54, 1.807) is 22.2 Å². The molecule has 2 heterocycles. The number of methoxy groups -OCH3 is 1. The number of carbonyl (C=O) groups excluding carboxylic acids is 1. The van der Waals surface area contributed by atoms with Crippen LogP contribution in [-0.2, 0) is 35.3 Å². The Morgan fingerprint density at radius 2 is 2.17 bits per heavy atom. The van der Waals surface area contributed by atoms with Crippen molar-refractivity contribution in [2.24, 2.45) is 0 Å². The predicted octanol–water partition coefficient (Wildman–Crippen LogP) is 2.71. The Bertz CT molecular complexity index is 1060. The first-order valence-electron chi connectivity index (χ1n) is 9.99. The molecule has 0 saturated carbocycles. The first-order chi connectivity index (χ1) is 14.2. The number of thiophene rings is 1. The molecule has 4 rings (SSSR count). The van der Waals surface area contributed by atoms with Crippen molar-refractivity contribution in [3.8, 4) is 0 Å². The predicted molar refractivity (Wildman–Crippen MR) is 114 cm³/mol. The molecule has 29 heavy (non-hydrogen) atoms. The molecule has 0 fully saturated rings. The summed E-state index contributed by atoms with van der Waals surface area (Å²) >= 11 is 1.63. The van der Waals surface area contributed by atoms with Gasteiger partial charge >= 0.3 is 5.97 Å². The molecule has 1 unspecified atom stereocenters. The van der Waals surface area contributed by atoms with Crippen LogP contribution in [0.3, 0.4) is 0 Å². The van der Waals surface area contributed by atoms with Gasteiger partial charge in [0.25, 0.3) is 5.56 Å². The fraction of sp³-hybridized carbons (Fsp3) is 0.409. The Morgan fingerprint density at radius 3 is 2.97 bits per heavy atom. The number of ether oxygens (including phenoxy) is 1. The topological polar surface area (TPSA) is 73.2 Å². The summed E-state index contributed by atoms with van der Waals surface area (Å²) in [4.78, 5) is 31.0. The summed E-state index contributed by atoms with van der Waals surface area (Å²) in [6.07, 6.45) is 5.57. The van der Waals surface area contributed by atoms with Gasteiger partial charge in [0, 0.05) is 24.0 Å². The van der Waals surface area contributed by atoms with Crippen LogP contribution in [0.25, 0.3) is 10.2 Å². The summed E-state index contributed by atoms with van der Waals surface area (Å²) in [5.74, 6) is -0.198. The van der Waals surface area contributed by atoms with Crippen molar-refractivity contribution in [1.82, 2.24) is 14.9 Å². The van der Waals surface area contributed by atoms with E-state index in [4.69, 9.17) is 0 Å². The van der Waals surface area contributed by atoms with Crippen molar-refractivity contribution >= 4 is 27.5 Å². The van der Waals surface area contributed by atoms with Gasteiger partial charge in [-0.15, -0.1) is 11.3 Å². The molecular formula is C22H25N3O3S. The Labute approximate surface area is 173 Å². The molecule has 1 aliphatic rings. The minimum atomic E-state index is -0.198. The number of nitrogens with one attached hydrogen (secondary N) is 1. The molecular weight excluding hydrogens is 386 g/mol. The molecule has 2 aromatic heterocycles. The zero-order chi connectivity index (χ0) is 20.2. The summed E-state index contributed by atoms with van der Waals surface area (Å²) in [5.41, 5.74) is 2.45. The van der Waals surface area contributed by atoms with Gasteiger partial charge in [-0.1, -0.05) is 30.3 Å². The van der Waals surface area contributed by atoms with Crippen molar-refractivity contribution in [3.05, 3.63) is 63.0 Å². The van der Waals surface area contributed by atoms with Gasteiger partial charge in [-0.2, -0.15) is 0 Å². The van der Waals surface area contributed by atoms with Gasteiger partial charge in [0.05, 0.1) is 25.2 Å². The van der Waals surface area contributed by atoms with E-state index in [2.05, 4.69) is 27.2 Å². The number of aryl methyl sites for hydroxylation is 3. The molecule has 0 spiro atoms. The lowest BCUT2D eigenvalue weighted by molar-refractivity contribution is -0.140. The highest BCUT2D eigenvalue weighted by Gasteiger charge is 2.25. The van der Waals surface area contributed by atoms with Gasteiger partial charge in [0.15, 0.2) is 0 Å². The minimum absolute atomic E-state index is 0.0699. The van der Waals surface area contributed by atoms with Crippen LogP contribution in [-0.4, -0.2) is 35.2 Å². The number of hydrogen-bond donors (Lipinski definition) is 1. The van der Waals surface area contributed by atoms with Crippen LogP contribution in [0.15, 0.2) is 41.5 Å². The second-order valence-corrected chi connectivity index (χ2v) is 8.47. The van der Waals surface area contributed by atoms with Crippen LogP contribution in [0.1, 0.15) is 28.8 Å². The molecule has 1 N–H and O–H groups in total. The molecule has 1 aromatic carbocycles. The third-order valence-electron chi connectivity index (χ3n) is 5.51. The van der Waals surface area contributed by atoms with Crippen LogP contribution in [0.2, 0.25) is 0 Å². The van der Waals surface area contributed by atoms with E-state index in [9.17, 15) is 9.59 Å². The van der Waals surface area contributed by atoms with Crippen LogP contribution >= 0.6 is 11.3 Å². The van der Waals surface area contributed by atoms with Crippen LogP contribution < -0.4 is 10.9 Å². The number of rotatable bonds is 7. The largest absolute Gasteiger partial charge is 0.469 e. The van der Waals surface area contributed by atoms with Crippen LogP contribution in [0, 0.1) is 0 Å². The first kappa shape index (κ1) is 19.8. The Balaban J connectivity index is 1.48. The molecule has 152 valence electrons. The Hall–Kier alpha value is -2.51. The summed E-state index contributed by atoms with van der Waals surface area (Å²) in [5, 5.41) is 4.24. The number of fused-ring (bicyclic) bond motifs is 3. The van der Waals surface area contributed by atoms with Gasteiger partial charge < -0.3 is 10.1 Å². The lowest BCUT2D eigenvalue weighted by Gasteiger charge is -2.23. The van der Waals surface area contributed by atoms with E-state index >= 15 is 0 Å². The maximum atomic E-state index is 13.1. The highest BCUT2D eigenvalue weighted by Crippen LogP contribution is 2.33. The van der Waals surface area contributed by atoms with Gasteiger partial charge in [-0.25, -0.2) is 4.98 Å². The SMILES string of the molecule is COC(=O)CCNC1CCc2c(sc3ncn(CCc4ccccc4)c(=O)c23)C1. The highest BCUT2D eigenvalue weighted by molar-refractivity contribution is 7.18. The number of esters is 1. The van der Waals surface area contributed by atoms with Crippen molar-refractivity contribution < 1.29 is 9.53 Å². The zero-order valence-corrected chi connectivity index (χ0v) is 17.3. The molecule has 0 bridgehead atoms. The van der Waals surface area contributed by atoms with Gasteiger partial charge in [-0.05, 0) is 36.8 Å². The lowest BCUT2D eigenvalue weighted by atomic mass is 9.93. The molecule has 6 nitrogen and oxygen atoms in total. The maximum absolute atomic E-state index is 13.1. The summed E-state index contributed by atoms with van der Waals surface area (Å²) in [6.45, 7) is 1.25. The fourth-order valence-electron chi connectivity index (χ4n) is 3.91. The van der Waals surface area contributed by atoms with E-state index in [0.717, 1.165) is 35.9 Å². The molecule has 0 aliphatic heterocycles. The third-order valence-corrected chi connectivity index (χ3v) is 6.67. The summed E-state index contributed by atoms with van der Waals surface area (Å²) in [7, 11) is 1.41. The van der Waals surface area contributed by atoms with Crippen LogP contribution in [0.5, 0.6) is 0 Å². The van der Waals surface area contributed by atoms with Gasteiger partial charge in [0.1, 0.15) is 4.83 Å². The molecule has 0 saturated heterocycles. The van der Waals surface area contributed by atoms with Crippen molar-refractivity contribution in [1.29, 1.82) is 0 Å². The summed E-state index contributed by atoms with van der Waals surface area (Å²) < 4.78 is 6.43. The van der Waals surface area contributed by atoms with E-state index in [1.165, 1.54) is 23.1 Å². The first-order valence-corrected chi connectivity index (χ1v) is 10.8. The minimum Gasteiger partial charge on any atom is -0.469 e. The maximum Gasteiger partial charge on any atom is 0.306 e. The molecule has 1 aliphatic carbocycles. The number of benzene rings is 1. The number of nitrogens with zero attached hydrogens (tertiary/aromatic N) is 2. The van der Waals surface area contributed by atoms with E-state index in [0.29, 0.717) is 25.6 Å². The molecule has 0 radical (unpaired) electrons. The smallest absolute Gasteiger partial charge is 0.306 e. The van der Waals surface area contributed by atoms with Crippen molar-refractivity contribution in [3.63, 3.8) is 0 Å². The van der Waals surface area contributed by atoms with E-state index < -0.39 is 0 Å². The number of hydrogen-bond acceptors (Lipinski definition) is 6. The van der Waals surface area contributed by atoms with E-state index in [1.807, 2.05) is 18.2 Å². The van der Waals surface area contributed by atoms with Crippen LogP contribution in [0.4, 0.5) is 0 Å². The Kier molecular flexibility index (Phi) is 6.06. The standard InChI is InChI=1S/C22H25N3O3S/c1-28-19(26)9-11-23-16-7-8-17-18(13-16)29-21-20(17)22(27)25(14-24-21)12-10-15-5-3-2-4-6-15/h2-6,14,16,23H,7-13H2,1H3. The molecule has 7 heteroatoms. The van der Waals surface area contributed by atoms with Crippen molar-refractivity contribution in [2.45, 2.75) is 44.7 Å². The van der Waals surface area contributed by atoms with E-state index in [-0.39, 0.29) is 11.5 Å². The van der Waals surface area contributed by atoms with Gasteiger partial charge in [0.2, 0.25) is 0 Å². The Morgan fingerprint density at radius 1 is 1.34 bits per heavy atom. The fourth-order valence-corrected chi connectivity index (χ4v) is 5.17. The second kappa shape index (κ2) is 8.88. The normalized spacial score (nSPS) is 16.0. The molecule has 0 amide bonds. The lowest BCUT2D eigenvalue weighted by Crippen LogP contribution is -2.35. The molecule has 3 aromatic rings. The third kappa shape index (κ3) is 4.41. The quantitative estimate of drug-likeness (QED) is 0.605. The van der Waals surface area contributed by atoms with Gasteiger partial charge in [-0.3, -0.25) is 14.2 Å². The highest BCUT2D eigenvalue weighted by atomic mass is 32.1. The number of aromatic nitrogens is 2. The van der Waals surface area contributed by atoms with Crippen molar-refractivity contribution in [2.75, 3.05) is 13.7 Å².